The molecule has 0 N–H and O–H groups in total. The fourth-order valence-corrected chi connectivity index (χ4v) is 7.24. The van der Waals surface area contributed by atoms with Gasteiger partial charge in [-0.1, -0.05) is 39.3 Å². The largest absolute Gasteiger partial charge is 0.378 e. The number of rotatable bonds is 6. The number of ketones is 1. The van der Waals surface area contributed by atoms with Crippen LogP contribution in [0.3, 0.4) is 0 Å². The summed E-state index contributed by atoms with van der Waals surface area (Å²) in [7, 11) is 0. The van der Waals surface area contributed by atoms with Crippen LogP contribution in [0.25, 0.3) is 0 Å². The second-order valence-corrected chi connectivity index (χ2v) is 10.8. The van der Waals surface area contributed by atoms with Crippen molar-refractivity contribution in [1.29, 1.82) is 0 Å². The Labute approximate surface area is 178 Å². The number of Topliss-reactive ketones (excluding diaryl/α,β-unsaturated/α-hetero) is 1. The summed E-state index contributed by atoms with van der Waals surface area (Å²) in [6, 6.07) is 0. The SMILES string of the molecule is CC1C=CCC(C)(C)C1C(=O)CCCS.CCOC1CC2CC1C1CCCC21. The van der Waals surface area contributed by atoms with Crippen LogP contribution in [0.4, 0.5) is 0 Å². The lowest BCUT2D eigenvalue weighted by molar-refractivity contribution is -0.128. The highest BCUT2D eigenvalue weighted by Crippen LogP contribution is 2.59. The molecule has 28 heavy (non-hydrogen) atoms. The van der Waals surface area contributed by atoms with Crippen LogP contribution < -0.4 is 0 Å². The summed E-state index contributed by atoms with van der Waals surface area (Å²) in [5, 5.41) is 0. The predicted octanol–water partition coefficient (Wildman–Crippen LogP) is 6.35. The maximum atomic E-state index is 12.1. The number of allylic oxidation sites excluding steroid dienone is 2. The summed E-state index contributed by atoms with van der Waals surface area (Å²) in [6.45, 7) is 9.62. The van der Waals surface area contributed by atoms with Crippen LogP contribution >= 0.6 is 12.6 Å². The molecule has 4 aliphatic rings. The van der Waals surface area contributed by atoms with Crippen LogP contribution in [0.5, 0.6) is 0 Å². The summed E-state index contributed by atoms with van der Waals surface area (Å²) in [5.41, 5.74) is 0.127. The van der Waals surface area contributed by atoms with Gasteiger partial charge in [0.05, 0.1) is 6.10 Å². The highest BCUT2D eigenvalue weighted by Gasteiger charge is 2.54. The van der Waals surface area contributed by atoms with Gasteiger partial charge in [0.25, 0.3) is 0 Å². The molecule has 0 aromatic heterocycles. The van der Waals surface area contributed by atoms with Gasteiger partial charge in [0, 0.05) is 18.9 Å². The van der Waals surface area contributed by atoms with Crippen molar-refractivity contribution in [3.05, 3.63) is 12.2 Å². The molecule has 160 valence electrons. The first-order valence-corrected chi connectivity index (χ1v) is 12.4. The summed E-state index contributed by atoms with van der Waals surface area (Å²) in [5.74, 6) is 6.00. The third kappa shape index (κ3) is 4.72. The molecule has 0 aliphatic heterocycles. The number of ether oxygens (including phenoxy) is 1. The third-order valence-corrected chi connectivity index (χ3v) is 8.44. The van der Waals surface area contributed by atoms with Crippen LogP contribution in [-0.4, -0.2) is 24.2 Å². The molecule has 4 aliphatic carbocycles. The van der Waals surface area contributed by atoms with E-state index in [0.717, 1.165) is 48.9 Å². The zero-order valence-electron chi connectivity index (χ0n) is 18.5. The minimum atomic E-state index is 0.127. The molecule has 3 heteroatoms. The number of thiol groups is 1. The van der Waals surface area contributed by atoms with Gasteiger partial charge >= 0.3 is 0 Å². The lowest BCUT2D eigenvalue weighted by Crippen LogP contribution is -2.37. The molecule has 7 atom stereocenters. The highest BCUT2D eigenvalue weighted by atomic mass is 32.1. The maximum absolute atomic E-state index is 12.1. The molecule has 0 radical (unpaired) electrons. The van der Waals surface area contributed by atoms with E-state index < -0.39 is 0 Å². The van der Waals surface area contributed by atoms with Gasteiger partial charge in [-0.05, 0) is 86.2 Å². The Kier molecular flexibility index (Phi) is 7.75. The number of carbonyl (C=O) groups excluding carboxylic acids is 1. The van der Waals surface area contributed by atoms with Crippen molar-refractivity contribution in [1.82, 2.24) is 0 Å². The summed E-state index contributed by atoms with van der Waals surface area (Å²) < 4.78 is 5.84. The van der Waals surface area contributed by atoms with E-state index >= 15 is 0 Å². The molecule has 0 amide bonds. The quantitative estimate of drug-likeness (QED) is 0.411. The maximum Gasteiger partial charge on any atom is 0.137 e. The summed E-state index contributed by atoms with van der Waals surface area (Å²) in [6.07, 6.45) is 15.1. The van der Waals surface area contributed by atoms with E-state index in [0.29, 0.717) is 24.2 Å². The topological polar surface area (TPSA) is 26.3 Å². The van der Waals surface area contributed by atoms with Crippen LogP contribution in [0.2, 0.25) is 0 Å². The predicted molar refractivity (Wildman–Crippen MR) is 121 cm³/mol. The Morgan fingerprint density at radius 1 is 1.18 bits per heavy atom. The van der Waals surface area contributed by atoms with Gasteiger partial charge in [0.1, 0.15) is 5.78 Å². The Balaban J connectivity index is 0.000000162. The molecule has 0 aromatic carbocycles. The van der Waals surface area contributed by atoms with Crippen LogP contribution in [-0.2, 0) is 9.53 Å². The molecule has 0 spiro atoms. The van der Waals surface area contributed by atoms with Gasteiger partial charge in [-0.3, -0.25) is 4.79 Å². The van der Waals surface area contributed by atoms with Gasteiger partial charge in [-0.25, -0.2) is 0 Å². The third-order valence-electron chi connectivity index (χ3n) is 8.13. The van der Waals surface area contributed by atoms with E-state index in [2.05, 4.69) is 52.5 Å². The molecular weight excluding hydrogens is 364 g/mol. The van der Waals surface area contributed by atoms with Crippen molar-refractivity contribution >= 4 is 18.4 Å². The fourth-order valence-electron chi connectivity index (χ4n) is 7.08. The fraction of sp³-hybridized carbons (Fsp3) is 0.880. The highest BCUT2D eigenvalue weighted by molar-refractivity contribution is 7.80. The average Bonchev–Trinajstić information content (AvgIpc) is 3.33. The monoisotopic (exact) mass is 406 g/mol. The Morgan fingerprint density at radius 2 is 1.93 bits per heavy atom. The van der Waals surface area contributed by atoms with Crippen molar-refractivity contribution in [3.8, 4) is 0 Å². The van der Waals surface area contributed by atoms with E-state index in [1.54, 1.807) is 0 Å². The van der Waals surface area contributed by atoms with E-state index in [1.165, 1.54) is 32.1 Å². The van der Waals surface area contributed by atoms with Crippen molar-refractivity contribution in [3.63, 3.8) is 0 Å². The zero-order chi connectivity index (χ0) is 20.3. The standard InChI is InChI=1S/C13H22OS.C12H20O/c1-10-6-4-8-13(2,3)12(10)11(14)7-5-9-15;1-2-13-12-7-8-6-11(12)10-5-3-4-9(8)10/h4,6,10,12,15H,5,7-9H2,1-3H3;8-12H,2-7H2,1H3. The van der Waals surface area contributed by atoms with Crippen molar-refractivity contribution in [2.75, 3.05) is 12.4 Å². The molecule has 3 fully saturated rings. The van der Waals surface area contributed by atoms with Crippen LogP contribution in [0, 0.1) is 40.9 Å². The van der Waals surface area contributed by atoms with E-state index in [9.17, 15) is 4.79 Å². The molecule has 7 unspecified atom stereocenters. The number of hydrogen-bond acceptors (Lipinski definition) is 3. The minimum Gasteiger partial charge on any atom is -0.378 e. The molecule has 0 aromatic rings. The van der Waals surface area contributed by atoms with Crippen LogP contribution in [0.1, 0.15) is 79.1 Å². The Bertz CT molecular complexity index is 555. The first kappa shape index (κ1) is 22.4. The van der Waals surface area contributed by atoms with Gasteiger partial charge in [-0.2, -0.15) is 12.6 Å². The Morgan fingerprint density at radius 3 is 2.61 bits per heavy atom. The van der Waals surface area contributed by atoms with Gasteiger partial charge in [0.15, 0.2) is 0 Å². The number of hydrogen-bond donors (Lipinski definition) is 1. The smallest absolute Gasteiger partial charge is 0.137 e. The van der Waals surface area contributed by atoms with Gasteiger partial charge in [0.2, 0.25) is 0 Å². The molecule has 0 heterocycles. The second-order valence-electron chi connectivity index (χ2n) is 10.4. The molecule has 3 saturated carbocycles. The average molecular weight is 407 g/mol. The molecule has 2 nitrogen and oxygen atoms in total. The second kappa shape index (κ2) is 9.69. The van der Waals surface area contributed by atoms with Gasteiger partial charge < -0.3 is 4.74 Å². The molecule has 2 bridgehead atoms. The zero-order valence-corrected chi connectivity index (χ0v) is 19.4. The first-order chi connectivity index (χ1) is 13.4. The number of carbonyl (C=O) groups is 1. The van der Waals surface area contributed by atoms with Crippen molar-refractivity contribution in [2.45, 2.75) is 85.2 Å². The van der Waals surface area contributed by atoms with Crippen LogP contribution in [0.15, 0.2) is 12.2 Å². The molecular formula is C25H42O2S. The first-order valence-electron chi connectivity index (χ1n) is 11.8. The lowest BCUT2D eigenvalue weighted by atomic mass is 9.65. The number of fused-ring (bicyclic) bond motifs is 5. The van der Waals surface area contributed by atoms with Gasteiger partial charge in [-0.15, -0.1) is 0 Å². The molecule has 4 rings (SSSR count). The lowest BCUT2D eigenvalue weighted by Gasteiger charge is -2.38. The Hall–Kier alpha value is -0.280. The summed E-state index contributed by atoms with van der Waals surface area (Å²) in [4.78, 5) is 12.1. The normalized spacial score (nSPS) is 40.1. The van der Waals surface area contributed by atoms with E-state index in [1.807, 2.05) is 0 Å². The van der Waals surface area contributed by atoms with E-state index in [-0.39, 0.29) is 11.3 Å². The van der Waals surface area contributed by atoms with E-state index in [4.69, 9.17) is 4.74 Å². The molecule has 0 saturated heterocycles. The van der Waals surface area contributed by atoms with Crippen molar-refractivity contribution < 1.29 is 9.53 Å². The summed E-state index contributed by atoms with van der Waals surface area (Å²) >= 11 is 4.16. The van der Waals surface area contributed by atoms with Crippen molar-refractivity contribution in [2.24, 2.45) is 40.9 Å². The minimum absolute atomic E-state index is 0.127.